The van der Waals surface area contributed by atoms with Crippen molar-refractivity contribution in [2.24, 2.45) is 0 Å². The first-order chi connectivity index (χ1) is 14.9. The van der Waals surface area contributed by atoms with E-state index in [4.69, 9.17) is 16.8 Å². The molecule has 2 aromatic rings. The van der Waals surface area contributed by atoms with E-state index < -0.39 is 22.2 Å². The predicted molar refractivity (Wildman–Crippen MR) is 118 cm³/mol. The molecule has 1 atom stereocenters. The molecule has 0 spiro atoms. The van der Waals surface area contributed by atoms with Crippen molar-refractivity contribution in [1.82, 2.24) is 19.1 Å². The van der Waals surface area contributed by atoms with Gasteiger partial charge in [-0.1, -0.05) is 30.2 Å². The van der Waals surface area contributed by atoms with E-state index >= 15 is 0 Å². The molecule has 0 saturated carbocycles. The third kappa shape index (κ3) is 4.65. The Morgan fingerprint density at radius 2 is 1.74 bits per heavy atom. The number of nitrogens with zero attached hydrogens (tertiary/aromatic N) is 2. The van der Waals surface area contributed by atoms with Crippen molar-refractivity contribution in [3.8, 4) is 11.3 Å². The van der Waals surface area contributed by atoms with E-state index in [9.17, 15) is 13.2 Å². The van der Waals surface area contributed by atoms with Crippen molar-refractivity contribution in [1.29, 1.82) is 0 Å². The molecule has 2 aliphatic rings. The van der Waals surface area contributed by atoms with Crippen LogP contribution in [0.4, 0.5) is 0 Å². The number of hydrogen-bond donors (Lipinski definition) is 3. The molecule has 4 rings (SSSR count). The first kappa shape index (κ1) is 22.3. The number of H-pyrrole nitrogens is 1. The van der Waals surface area contributed by atoms with Crippen molar-refractivity contribution in [2.75, 3.05) is 19.6 Å². The molecule has 2 saturated heterocycles. The molecule has 1 aromatic carbocycles. The molecule has 168 valence electrons. The summed E-state index contributed by atoms with van der Waals surface area (Å²) in [6.07, 6.45) is 3.28. The quantitative estimate of drug-likeness (QED) is 0.465. The van der Waals surface area contributed by atoms with Crippen LogP contribution in [0.2, 0.25) is 5.02 Å². The molecule has 0 radical (unpaired) electrons. The van der Waals surface area contributed by atoms with Crippen LogP contribution in [0.5, 0.6) is 0 Å². The fourth-order valence-electron chi connectivity index (χ4n) is 4.51. The van der Waals surface area contributed by atoms with Crippen molar-refractivity contribution in [3.05, 3.63) is 47.1 Å². The highest BCUT2D eigenvalue weighted by atomic mass is 35.5. The SMILES string of the molecule is O=C(NO)[C@H]1CCCCN1S(=O)(=O)N1CCC(c2ccc(-c3ccc(Cl)cc3)[nH]2)CC1. The molecule has 1 aromatic heterocycles. The lowest BCUT2D eigenvalue weighted by Gasteiger charge is -2.39. The molecule has 0 bridgehead atoms. The Balaban J connectivity index is 1.42. The Bertz CT molecular complexity index is 1020. The zero-order chi connectivity index (χ0) is 22.0. The fourth-order valence-corrected chi connectivity index (χ4v) is 6.49. The number of aromatic amines is 1. The summed E-state index contributed by atoms with van der Waals surface area (Å²) >= 11 is 5.97. The lowest BCUT2D eigenvalue weighted by Crippen LogP contribution is -2.56. The van der Waals surface area contributed by atoms with Gasteiger partial charge in [0.15, 0.2) is 0 Å². The van der Waals surface area contributed by atoms with Gasteiger partial charge in [-0.3, -0.25) is 10.0 Å². The highest BCUT2D eigenvalue weighted by Gasteiger charge is 2.41. The van der Waals surface area contributed by atoms with Crippen molar-refractivity contribution in [2.45, 2.75) is 44.1 Å². The van der Waals surface area contributed by atoms with E-state index in [-0.39, 0.29) is 5.92 Å². The Morgan fingerprint density at radius 1 is 1.03 bits per heavy atom. The zero-order valence-electron chi connectivity index (χ0n) is 17.1. The minimum Gasteiger partial charge on any atom is -0.358 e. The first-order valence-electron chi connectivity index (χ1n) is 10.6. The number of aromatic nitrogens is 1. The van der Waals surface area contributed by atoms with Crippen LogP contribution in [0.25, 0.3) is 11.3 Å². The second-order valence-corrected chi connectivity index (χ2v) is 10.4. The van der Waals surface area contributed by atoms with Crippen LogP contribution in [0, 0.1) is 0 Å². The Labute approximate surface area is 187 Å². The summed E-state index contributed by atoms with van der Waals surface area (Å²) in [6, 6.07) is 10.9. The Kier molecular flexibility index (Phi) is 6.68. The molecule has 2 fully saturated rings. The van der Waals surface area contributed by atoms with Gasteiger partial charge in [-0.2, -0.15) is 17.0 Å². The number of halogens is 1. The average molecular weight is 467 g/mol. The Hall–Kier alpha value is -1.91. The lowest BCUT2D eigenvalue weighted by atomic mass is 9.95. The van der Waals surface area contributed by atoms with Crippen molar-refractivity contribution < 1.29 is 18.4 Å². The first-order valence-corrected chi connectivity index (χ1v) is 12.3. The summed E-state index contributed by atoms with van der Waals surface area (Å²) in [5.41, 5.74) is 4.76. The minimum atomic E-state index is -3.76. The van der Waals surface area contributed by atoms with Gasteiger partial charge in [0.05, 0.1) is 0 Å². The predicted octanol–water partition coefficient (Wildman–Crippen LogP) is 3.12. The lowest BCUT2D eigenvalue weighted by molar-refractivity contribution is -0.134. The molecule has 8 nitrogen and oxygen atoms in total. The molecule has 3 heterocycles. The molecule has 0 aliphatic carbocycles. The Morgan fingerprint density at radius 3 is 2.42 bits per heavy atom. The summed E-state index contributed by atoms with van der Waals surface area (Å²) in [6.45, 7) is 1.08. The van der Waals surface area contributed by atoms with Gasteiger partial charge in [0, 0.05) is 42.0 Å². The summed E-state index contributed by atoms with van der Waals surface area (Å²) in [4.78, 5) is 15.4. The molecular weight excluding hydrogens is 440 g/mol. The van der Waals surface area contributed by atoms with E-state index in [2.05, 4.69) is 11.1 Å². The van der Waals surface area contributed by atoms with Gasteiger partial charge in [-0.25, -0.2) is 5.48 Å². The van der Waals surface area contributed by atoms with E-state index in [0.29, 0.717) is 50.3 Å². The van der Waals surface area contributed by atoms with Gasteiger partial charge in [0.25, 0.3) is 16.1 Å². The molecule has 0 unspecified atom stereocenters. The number of hydroxylamine groups is 1. The summed E-state index contributed by atoms with van der Waals surface area (Å²) < 4.78 is 29.1. The number of rotatable bonds is 5. The maximum atomic E-state index is 13.2. The van der Waals surface area contributed by atoms with E-state index in [0.717, 1.165) is 23.4 Å². The number of carbonyl (C=O) groups is 1. The topological polar surface area (TPSA) is 106 Å². The monoisotopic (exact) mass is 466 g/mol. The van der Waals surface area contributed by atoms with E-state index in [1.165, 1.54) is 8.61 Å². The van der Waals surface area contributed by atoms with E-state index in [1.54, 1.807) is 5.48 Å². The number of piperidine rings is 2. The molecule has 2 aliphatic heterocycles. The normalized spacial score (nSPS) is 21.8. The van der Waals surface area contributed by atoms with Crippen LogP contribution in [0.3, 0.4) is 0 Å². The second-order valence-electron chi connectivity index (χ2n) is 8.11. The van der Waals surface area contributed by atoms with Crippen LogP contribution in [0.1, 0.15) is 43.7 Å². The highest BCUT2D eigenvalue weighted by molar-refractivity contribution is 7.86. The fraction of sp³-hybridized carbons (Fsp3) is 0.476. The zero-order valence-corrected chi connectivity index (χ0v) is 18.7. The van der Waals surface area contributed by atoms with Crippen LogP contribution >= 0.6 is 11.6 Å². The van der Waals surface area contributed by atoms with Gasteiger partial charge in [-0.15, -0.1) is 0 Å². The maximum Gasteiger partial charge on any atom is 0.282 e. The average Bonchev–Trinajstić information content (AvgIpc) is 3.29. The molecule has 3 N–H and O–H groups in total. The standard InChI is InChI=1S/C21H27ClN4O4S/c22-17-6-4-15(5-7-17)18-8-9-19(23-18)16-10-13-25(14-11-16)31(29,30)26-12-2-1-3-20(26)21(27)24-28/h4-9,16,20,23,28H,1-3,10-14H2,(H,24,27)/t20-/m1/s1. The van der Waals surface area contributed by atoms with Gasteiger partial charge in [-0.05, 0) is 55.5 Å². The van der Waals surface area contributed by atoms with Crippen LogP contribution < -0.4 is 5.48 Å². The molecule has 31 heavy (non-hydrogen) atoms. The number of nitrogens with one attached hydrogen (secondary N) is 2. The minimum absolute atomic E-state index is 0.241. The second kappa shape index (κ2) is 9.30. The van der Waals surface area contributed by atoms with Crippen LogP contribution in [0.15, 0.2) is 36.4 Å². The number of benzene rings is 1. The number of hydrogen-bond acceptors (Lipinski definition) is 4. The van der Waals surface area contributed by atoms with Crippen LogP contribution in [-0.2, 0) is 15.0 Å². The highest BCUT2D eigenvalue weighted by Crippen LogP contribution is 2.32. The third-order valence-corrected chi connectivity index (χ3v) is 8.55. The smallest absolute Gasteiger partial charge is 0.282 e. The summed E-state index contributed by atoms with van der Waals surface area (Å²) in [5.74, 6) is -0.426. The number of amides is 1. The molecular formula is C21H27ClN4O4S. The maximum absolute atomic E-state index is 13.2. The molecule has 10 heteroatoms. The van der Waals surface area contributed by atoms with E-state index in [1.807, 2.05) is 30.3 Å². The third-order valence-electron chi connectivity index (χ3n) is 6.25. The summed E-state index contributed by atoms with van der Waals surface area (Å²) in [5, 5.41) is 9.69. The van der Waals surface area contributed by atoms with Crippen LogP contribution in [-0.4, -0.2) is 58.8 Å². The van der Waals surface area contributed by atoms with Gasteiger partial charge in [0.1, 0.15) is 6.04 Å². The largest absolute Gasteiger partial charge is 0.358 e. The van der Waals surface area contributed by atoms with Gasteiger partial charge >= 0.3 is 0 Å². The molecule has 1 amide bonds. The van der Waals surface area contributed by atoms with Crippen molar-refractivity contribution >= 4 is 27.7 Å². The van der Waals surface area contributed by atoms with Gasteiger partial charge in [0.2, 0.25) is 0 Å². The number of carbonyl (C=O) groups excluding carboxylic acids is 1. The van der Waals surface area contributed by atoms with Gasteiger partial charge < -0.3 is 4.98 Å². The summed E-state index contributed by atoms with van der Waals surface area (Å²) in [7, 11) is -3.76. The van der Waals surface area contributed by atoms with Crippen molar-refractivity contribution in [3.63, 3.8) is 0 Å².